The molecule has 0 aromatic carbocycles. The summed E-state index contributed by atoms with van der Waals surface area (Å²) in [6.07, 6.45) is 4.60. The maximum Gasteiger partial charge on any atom is 0.239 e. The van der Waals surface area contributed by atoms with Crippen LogP contribution in [0.2, 0.25) is 0 Å². The molecule has 0 spiro atoms. The fourth-order valence-corrected chi connectivity index (χ4v) is 2.67. The van der Waals surface area contributed by atoms with Crippen molar-refractivity contribution in [3.8, 4) is 0 Å². The van der Waals surface area contributed by atoms with E-state index in [0.717, 1.165) is 19.5 Å². The fourth-order valence-electron chi connectivity index (χ4n) is 2.67. The molecule has 2 unspecified atom stereocenters. The number of nitrogens with one attached hydrogen (secondary N) is 1. The SMILES string of the molecule is CC1CCN(C(=O)[C@@H]2CCCCN2)C1C.Cl. The predicted octanol–water partition coefficient (Wildman–Crippen LogP) is 1.81. The molecular weight excluding hydrogens is 224 g/mol. The lowest BCUT2D eigenvalue weighted by Crippen LogP contribution is -2.49. The van der Waals surface area contributed by atoms with E-state index in [-0.39, 0.29) is 18.4 Å². The number of amides is 1. The van der Waals surface area contributed by atoms with Gasteiger partial charge in [0.05, 0.1) is 6.04 Å². The van der Waals surface area contributed by atoms with Gasteiger partial charge in [0, 0.05) is 12.6 Å². The van der Waals surface area contributed by atoms with Crippen molar-refractivity contribution in [1.29, 1.82) is 0 Å². The third-order valence-corrected chi connectivity index (χ3v) is 4.03. The molecule has 2 fully saturated rings. The summed E-state index contributed by atoms with van der Waals surface area (Å²) in [7, 11) is 0. The molecule has 1 amide bonds. The Morgan fingerprint density at radius 3 is 2.50 bits per heavy atom. The minimum absolute atomic E-state index is 0. The highest BCUT2D eigenvalue weighted by molar-refractivity contribution is 5.85. The van der Waals surface area contributed by atoms with Gasteiger partial charge in [-0.3, -0.25) is 4.79 Å². The van der Waals surface area contributed by atoms with Gasteiger partial charge in [-0.15, -0.1) is 12.4 Å². The molecule has 1 N–H and O–H groups in total. The summed E-state index contributed by atoms with van der Waals surface area (Å²) in [5.74, 6) is 1.00. The summed E-state index contributed by atoms with van der Waals surface area (Å²) in [5, 5.41) is 3.34. The second-order valence-corrected chi connectivity index (χ2v) is 5.04. The maximum atomic E-state index is 12.2. The van der Waals surface area contributed by atoms with E-state index >= 15 is 0 Å². The van der Waals surface area contributed by atoms with Crippen LogP contribution in [0.4, 0.5) is 0 Å². The van der Waals surface area contributed by atoms with Gasteiger partial charge in [-0.1, -0.05) is 13.3 Å². The van der Waals surface area contributed by atoms with Gasteiger partial charge in [-0.2, -0.15) is 0 Å². The van der Waals surface area contributed by atoms with E-state index in [1.54, 1.807) is 0 Å². The summed E-state index contributed by atoms with van der Waals surface area (Å²) in [5.41, 5.74) is 0. The average Bonchev–Trinajstić information content (AvgIpc) is 2.60. The molecule has 2 aliphatic heterocycles. The largest absolute Gasteiger partial charge is 0.338 e. The Kier molecular flexibility index (Phi) is 5.06. The normalized spacial score (nSPS) is 34.6. The number of rotatable bonds is 1. The van der Waals surface area contributed by atoms with Crippen LogP contribution in [-0.2, 0) is 4.79 Å². The lowest BCUT2D eigenvalue weighted by molar-refractivity contribution is -0.134. The topological polar surface area (TPSA) is 32.3 Å². The van der Waals surface area contributed by atoms with E-state index in [0.29, 0.717) is 17.9 Å². The zero-order valence-corrected chi connectivity index (χ0v) is 11.1. The van der Waals surface area contributed by atoms with E-state index in [4.69, 9.17) is 0 Å². The highest BCUT2D eigenvalue weighted by atomic mass is 35.5. The molecule has 0 aliphatic carbocycles. The first-order valence-electron chi connectivity index (χ1n) is 6.24. The first-order chi connectivity index (χ1) is 7.20. The van der Waals surface area contributed by atoms with E-state index in [2.05, 4.69) is 24.1 Å². The fraction of sp³-hybridized carbons (Fsp3) is 0.917. The molecule has 2 rings (SSSR count). The zero-order valence-electron chi connectivity index (χ0n) is 10.2. The van der Waals surface area contributed by atoms with Crippen molar-refractivity contribution in [2.75, 3.05) is 13.1 Å². The molecule has 2 saturated heterocycles. The predicted molar refractivity (Wildman–Crippen MR) is 67.8 cm³/mol. The van der Waals surface area contributed by atoms with Crippen LogP contribution in [0.25, 0.3) is 0 Å². The molecule has 4 heteroatoms. The second kappa shape index (κ2) is 5.87. The minimum atomic E-state index is 0. The molecule has 3 nitrogen and oxygen atoms in total. The van der Waals surface area contributed by atoms with Crippen molar-refractivity contribution in [2.24, 2.45) is 5.92 Å². The summed E-state index contributed by atoms with van der Waals surface area (Å²) < 4.78 is 0. The first kappa shape index (κ1) is 13.8. The van der Waals surface area contributed by atoms with Crippen molar-refractivity contribution in [3.63, 3.8) is 0 Å². The van der Waals surface area contributed by atoms with Crippen LogP contribution in [-0.4, -0.2) is 36.0 Å². The highest BCUT2D eigenvalue weighted by Crippen LogP contribution is 2.25. The van der Waals surface area contributed by atoms with Crippen LogP contribution in [0.5, 0.6) is 0 Å². The maximum absolute atomic E-state index is 12.2. The van der Waals surface area contributed by atoms with Crippen LogP contribution in [0, 0.1) is 5.92 Å². The van der Waals surface area contributed by atoms with E-state index < -0.39 is 0 Å². The van der Waals surface area contributed by atoms with E-state index in [9.17, 15) is 4.79 Å². The number of likely N-dealkylation sites (tertiary alicyclic amines) is 1. The number of carbonyl (C=O) groups is 1. The Balaban J connectivity index is 0.00000128. The minimum Gasteiger partial charge on any atom is -0.338 e. The monoisotopic (exact) mass is 246 g/mol. The number of nitrogens with zero attached hydrogens (tertiary/aromatic N) is 1. The van der Waals surface area contributed by atoms with Crippen LogP contribution < -0.4 is 5.32 Å². The second-order valence-electron chi connectivity index (χ2n) is 5.04. The lowest BCUT2D eigenvalue weighted by atomic mass is 10.0. The quantitative estimate of drug-likeness (QED) is 0.766. The van der Waals surface area contributed by atoms with Gasteiger partial charge in [-0.25, -0.2) is 0 Å². The Labute approximate surface area is 104 Å². The molecule has 0 aromatic rings. The van der Waals surface area contributed by atoms with Crippen LogP contribution in [0.15, 0.2) is 0 Å². The van der Waals surface area contributed by atoms with Crippen LogP contribution in [0.3, 0.4) is 0 Å². The van der Waals surface area contributed by atoms with Crippen molar-refractivity contribution < 1.29 is 4.79 Å². The molecule has 2 aliphatic rings. The molecule has 0 aromatic heterocycles. The van der Waals surface area contributed by atoms with Crippen molar-refractivity contribution in [2.45, 2.75) is 51.6 Å². The molecule has 0 saturated carbocycles. The Morgan fingerprint density at radius 1 is 1.25 bits per heavy atom. The average molecular weight is 247 g/mol. The van der Waals surface area contributed by atoms with Gasteiger partial charge < -0.3 is 10.2 Å². The molecule has 2 heterocycles. The van der Waals surface area contributed by atoms with Crippen molar-refractivity contribution in [1.82, 2.24) is 10.2 Å². The number of hydrogen-bond donors (Lipinski definition) is 1. The van der Waals surface area contributed by atoms with Gasteiger partial charge in [0.15, 0.2) is 0 Å². The van der Waals surface area contributed by atoms with Crippen molar-refractivity contribution in [3.05, 3.63) is 0 Å². The van der Waals surface area contributed by atoms with Gasteiger partial charge in [-0.05, 0) is 38.6 Å². The third-order valence-electron chi connectivity index (χ3n) is 4.03. The number of halogens is 1. The number of hydrogen-bond acceptors (Lipinski definition) is 2. The Hall–Kier alpha value is -0.280. The molecule has 3 atom stereocenters. The molecule has 0 bridgehead atoms. The van der Waals surface area contributed by atoms with Crippen LogP contribution in [0.1, 0.15) is 39.5 Å². The van der Waals surface area contributed by atoms with Gasteiger partial charge in [0.25, 0.3) is 0 Å². The standard InChI is InChI=1S/C12H22N2O.ClH/c1-9-6-8-14(10(9)2)12(15)11-5-3-4-7-13-11;/h9-11,13H,3-8H2,1-2H3;1H/t9?,10?,11-;/m0./s1. The highest BCUT2D eigenvalue weighted by Gasteiger charge is 2.34. The van der Waals surface area contributed by atoms with Gasteiger partial charge >= 0.3 is 0 Å². The Morgan fingerprint density at radius 2 is 2.00 bits per heavy atom. The molecule has 94 valence electrons. The summed E-state index contributed by atoms with van der Waals surface area (Å²) in [6.45, 7) is 6.39. The van der Waals surface area contributed by atoms with E-state index in [1.807, 2.05) is 0 Å². The molecular formula is C12H23ClN2O. The first-order valence-corrected chi connectivity index (χ1v) is 6.24. The zero-order chi connectivity index (χ0) is 10.8. The van der Waals surface area contributed by atoms with Crippen molar-refractivity contribution >= 4 is 18.3 Å². The lowest BCUT2D eigenvalue weighted by Gasteiger charge is -2.30. The third kappa shape index (κ3) is 2.69. The summed E-state index contributed by atoms with van der Waals surface area (Å²) in [4.78, 5) is 14.3. The van der Waals surface area contributed by atoms with Crippen LogP contribution >= 0.6 is 12.4 Å². The number of piperidine rings is 1. The van der Waals surface area contributed by atoms with E-state index in [1.165, 1.54) is 19.3 Å². The summed E-state index contributed by atoms with van der Waals surface area (Å²) in [6, 6.07) is 0.535. The summed E-state index contributed by atoms with van der Waals surface area (Å²) >= 11 is 0. The smallest absolute Gasteiger partial charge is 0.239 e. The number of carbonyl (C=O) groups excluding carboxylic acids is 1. The molecule has 0 radical (unpaired) electrons. The Bertz CT molecular complexity index is 241. The van der Waals surface area contributed by atoms with Gasteiger partial charge in [0.1, 0.15) is 0 Å². The molecule has 16 heavy (non-hydrogen) atoms. The van der Waals surface area contributed by atoms with Gasteiger partial charge in [0.2, 0.25) is 5.91 Å².